The zero-order valence-corrected chi connectivity index (χ0v) is 12.9. The monoisotopic (exact) mass is 285 g/mol. The Morgan fingerprint density at radius 2 is 2.17 bits per heavy atom. The average Bonchev–Trinajstić information content (AvgIpc) is 2.85. The molecule has 100 valence electrons. The topological polar surface area (TPSA) is 20.5 Å². The fourth-order valence-corrected chi connectivity index (χ4v) is 3.25. The number of rotatable bonds is 5. The lowest BCUT2D eigenvalue weighted by atomic mass is 10.0. The molecule has 18 heavy (non-hydrogen) atoms. The van der Waals surface area contributed by atoms with E-state index in [9.17, 15) is 0 Å². The van der Waals surface area contributed by atoms with E-state index in [2.05, 4.69) is 37.1 Å². The summed E-state index contributed by atoms with van der Waals surface area (Å²) in [6.45, 7) is 6.74. The first-order valence-corrected chi connectivity index (χ1v) is 7.69. The number of halogens is 1. The van der Waals surface area contributed by atoms with Crippen LogP contribution in [0, 0.1) is 5.92 Å². The van der Waals surface area contributed by atoms with Crippen LogP contribution in [0.5, 0.6) is 0 Å². The van der Waals surface area contributed by atoms with Gasteiger partial charge in [0.05, 0.1) is 11.6 Å². The fourth-order valence-electron chi connectivity index (χ4n) is 2.28. The molecule has 0 saturated heterocycles. The summed E-state index contributed by atoms with van der Waals surface area (Å²) in [5.41, 5.74) is 1.09. The number of alkyl halides is 1. The molecule has 0 radical (unpaired) electrons. The van der Waals surface area contributed by atoms with Gasteiger partial charge in [-0.1, -0.05) is 13.8 Å². The van der Waals surface area contributed by atoms with Crippen molar-refractivity contribution >= 4 is 33.7 Å². The van der Waals surface area contributed by atoms with Gasteiger partial charge in [0, 0.05) is 24.7 Å². The summed E-state index contributed by atoms with van der Waals surface area (Å²) in [5, 5.41) is 2.04. The highest BCUT2D eigenvalue weighted by Crippen LogP contribution is 2.27. The molecule has 0 aliphatic heterocycles. The van der Waals surface area contributed by atoms with Crippen molar-refractivity contribution in [3.8, 4) is 0 Å². The Morgan fingerprint density at radius 3 is 2.78 bits per heavy atom. The first-order valence-electron chi connectivity index (χ1n) is 6.27. The van der Waals surface area contributed by atoms with E-state index in [1.165, 1.54) is 0 Å². The van der Waals surface area contributed by atoms with Gasteiger partial charge < -0.3 is 4.90 Å². The number of imidazole rings is 1. The lowest BCUT2D eigenvalue weighted by Gasteiger charge is -2.27. The second-order valence-corrected chi connectivity index (χ2v) is 6.30. The van der Waals surface area contributed by atoms with Gasteiger partial charge in [-0.25, -0.2) is 4.98 Å². The van der Waals surface area contributed by atoms with Gasteiger partial charge in [-0.2, -0.15) is 0 Å². The smallest absolute Gasteiger partial charge is 0.195 e. The van der Waals surface area contributed by atoms with Crippen LogP contribution >= 0.6 is 22.9 Å². The summed E-state index contributed by atoms with van der Waals surface area (Å²) in [6, 6.07) is 0.469. The molecule has 0 fully saturated rings. The van der Waals surface area contributed by atoms with E-state index < -0.39 is 0 Å². The predicted molar refractivity (Wildman–Crippen MR) is 79.9 cm³/mol. The predicted octanol–water partition coefficient (Wildman–Crippen LogP) is 4.01. The Balaban J connectivity index is 2.31. The molecule has 5 heteroatoms. The van der Waals surface area contributed by atoms with Crippen LogP contribution in [-0.2, 0) is 5.88 Å². The lowest BCUT2D eigenvalue weighted by Crippen LogP contribution is -2.31. The second kappa shape index (κ2) is 5.49. The van der Waals surface area contributed by atoms with Crippen LogP contribution in [0.1, 0.15) is 32.9 Å². The van der Waals surface area contributed by atoms with E-state index in [1.807, 2.05) is 11.6 Å². The quantitative estimate of drug-likeness (QED) is 0.774. The summed E-state index contributed by atoms with van der Waals surface area (Å²) in [6.07, 6.45) is 3.19. The van der Waals surface area contributed by atoms with Crippen LogP contribution in [0.25, 0.3) is 4.96 Å². The molecule has 0 spiro atoms. The molecule has 0 N–H and O–H groups in total. The van der Waals surface area contributed by atoms with E-state index in [-0.39, 0.29) is 0 Å². The third-order valence-electron chi connectivity index (χ3n) is 3.27. The van der Waals surface area contributed by atoms with Crippen LogP contribution in [0.15, 0.2) is 11.6 Å². The maximum atomic E-state index is 6.08. The second-order valence-electron chi connectivity index (χ2n) is 5.16. The van der Waals surface area contributed by atoms with E-state index in [0.717, 1.165) is 22.9 Å². The number of aromatic nitrogens is 2. The Bertz CT molecular complexity index is 517. The highest BCUT2D eigenvalue weighted by Gasteiger charge is 2.20. The maximum absolute atomic E-state index is 6.08. The molecule has 0 bridgehead atoms. The Hall–Kier alpha value is -0.740. The van der Waals surface area contributed by atoms with E-state index in [0.29, 0.717) is 17.8 Å². The van der Waals surface area contributed by atoms with Gasteiger partial charge in [0.2, 0.25) is 0 Å². The first kappa shape index (κ1) is 13.7. The third kappa shape index (κ3) is 2.50. The number of anilines is 1. The summed E-state index contributed by atoms with van der Waals surface area (Å²) in [7, 11) is 2.11. The van der Waals surface area contributed by atoms with E-state index >= 15 is 0 Å². The van der Waals surface area contributed by atoms with Gasteiger partial charge in [0.25, 0.3) is 0 Å². The molecule has 2 rings (SSSR count). The van der Waals surface area contributed by atoms with Gasteiger partial charge in [-0.15, -0.1) is 22.9 Å². The molecule has 0 aromatic carbocycles. The highest BCUT2D eigenvalue weighted by molar-refractivity contribution is 7.15. The Morgan fingerprint density at radius 1 is 1.44 bits per heavy atom. The van der Waals surface area contributed by atoms with Crippen molar-refractivity contribution in [2.45, 2.75) is 39.1 Å². The van der Waals surface area contributed by atoms with Crippen molar-refractivity contribution in [3.05, 3.63) is 17.3 Å². The standard InChI is InChI=1S/C13H20ClN3S/c1-9(2)7-10(3)16(4)12-11(8-14)17-5-6-18-13(17)15-12/h5-6,9-10H,7-8H2,1-4H3. The Labute approximate surface area is 117 Å². The van der Waals surface area contributed by atoms with Crippen LogP contribution in [0.2, 0.25) is 0 Å². The molecule has 0 aliphatic carbocycles. The minimum absolute atomic E-state index is 0.469. The SMILES string of the molecule is CC(C)CC(C)N(C)c1nc2sccn2c1CCl. The molecule has 2 aromatic heterocycles. The molecule has 0 saturated carbocycles. The number of hydrogen-bond acceptors (Lipinski definition) is 3. The van der Waals surface area contributed by atoms with Crippen molar-refractivity contribution in [2.75, 3.05) is 11.9 Å². The summed E-state index contributed by atoms with van der Waals surface area (Å²) < 4.78 is 2.09. The summed E-state index contributed by atoms with van der Waals surface area (Å²) in [4.78, 5) is 7.96. The maximum Gasteiger partial charge on any atom is 0.195 e. The highest BCUT2D eigenvalue weighted by atomic mass is 35.5. The molecule has 2 aromatic rings. The number of nitrogens with zero attached hydrogens (tertiary/aromatic N) is 3. The van der Waals surface area contributed by atoms with Gasteiger partial charge >= 0.3 is 0 Å². The molecule has 1 unspecified atom stereocenters. The van der Waals surface area contributed by atoms with Crippen LogP contribution in [-0.4, -0.2) is 22.5 Å². The van der Waals surface area contributed by atoms with Gasteiger partial charge in [0.15, 0.2) is 10.8 Å². The van der Waals surface area contributed by atoms with Crippen molar-refractivity contribution in [1.82, 2.24) is 9.38 Å². The zero-order valence-electron chi connectivity index (χ0n) is 11.4. The Kier molecular flexibility index (Phi) is 4.17. The van der Waals surface area contributed by atoms with Crippen molar-refractivity contribution in [1.29, 1.82) is 0 Å². The van der Waals surface area contributed by atoms with Crippen LogP contribution in [0.4, 0.5) is 5.82 Å². The zero-order chi connectivity index (χ0) is 13.3. The number of hydrogen-bond donors (Lipinski definition) is 0. The number of thiazole rings is 1. The third-order valence-corrected chi connectivity index (χ3v) is 4.28. The average molecular weight is 286 g/mol. The van der Waals surface area contributed by atoms with Gasteiger partial charge in [-0.3, -0.25) is 4.40 Å². The largest absolute Gasteiger partial charge is 0.355 e. The fraction of sp³-hybridized carbons (Fsp3) is 0.615. The van der Waals surface area contributed by atoms with Crippen molar-refractivity contribution in [3.63, 3.8) is 0 Å². The minimum atomic E-state index is 0.469. The molecule has 1 atom stereocenters. The molecule has 3 nitrogen and oxygen atoms in total. The van der Waals surface area contributed by atoms with E-state index in [4.69, 9.17) is 16.6 Å². The van der Waals surface area contributed by atoms with Crippen LogP contribution in [0.3, 0.4) is 0 Å². The molecule has 0 amide bonds. The van der Waals surface area contributed by atoms with Gasteiger partial charge in [0.1, 0.15) is 0 Å². The van der Waals surface area contributed by atoms with Crippen LogP contribution < -0.4 is 4.90 Å². The van der Waals surface area contributed by atoms with Gasteiger partial charge in [-0.05, 0) is 19.3 Å². The summed E-state index contributed by atoms with van der Waals surface area (Å²) >= 11 is 7.73. The molecule has 2 heterocycles. The lowest BCUT2D eigenvalue weighted by molar-refractivity contribution is 0.502. The molecular formula is C13H20ClN3S. The normalized spacial score (nSPS) is 13.4. The molecule has 0 aliphatic rings. The minimum Gasteiger partial charge on any atom is -0.355 e. The first-order chi connectivity index (χ1) is 8.54. The summed E-state index contributed by atoms with van der Waals surface area (Å²) in [5.74, 6) is 2.20. The number of fused-ring (bicyclic) bond motifs is 1. The van der Waals surface area contributed by atoms with Crippen molar-refractivity contribution < 1.29 is 0 Å². The molecular weight excluding hydrogens is 266 g/mol. The van der Waals surface area contributed by atoms with Crippen molar-refractivity contribution in [2.24, 2.45) is 5.92 Å². The van der Waals surface area contributed by atoms with E-state index in [1.54, 1.807) is 11.3 Å².